The van der Waals surface area contributed by atoms with Crippen molar-refractivity contribution in [2.24, 2.45) is 0 Å². The molecule has 2 heterocycles. The first kappa shape index (κ1) is 20.8. The number of rotatable bonds is 6. The maximum absolute atomic E-state index is 12.6. The van der Waals surface area contributed by atoms with Crippen molar-refractivity contribution in [2.75, 3.05) is 6.26 Å². The van der Waals surface area contributed by atoms with E-state index in [1.165, 1.54) is 5.56 Å². The van der Waals surface area contributed by atoms with Crippen molar-refractivity contribution in [3.63, 3.8) is 0 Å². The second-order valence-corrected chi connectivity index (χ2v) is 8.05. The number of nitrogens with one attached hydrogen (secondary N) is 1. The number of carbonyl (C=O) groups excluding carboxylic acids is 1. The van der Waals surface area contributed by atoms with E-state index in [0.717, 1.165) is 33.0 Å². The van der Waals surface area contributed by atoms with Crippen LogP contribution in [0.15, 0.2) is 90.1 Å². The molecular weight excluding hydrogens is 402 g/mol. The standard InChI is InChI=1S/C26H23N3OS/c1-18-8-9-22(16-25(18)31-2)26(30)29-17-23-14-21(11-12-27-23)24-15-20(10-13-28-24)19-6-4-3-5-7-19/h3-16H,17H2,1-2H3,(H,29,30). The molecule has 4 nitrogen and oxygen atoms in total. The van der Waals surface area contributed by atoms with Gasteiger partial charge in [0.05, 0.1) is 17.9 Å². The Kier molecular flexibility index (Phi) is 6.43. The van der Waals surface area contributed by atoms with Gasteiger partial charge in [0, 0.05) is 28.4 Å². The van der Waals surface area contributed by atoms with Gasteiger partial charge in [-0.15, -0.1) is 11.8 Å². The maximum atomic E-state index is 12.6. The molecule has 0 bridgehead atoms. The lowest BCUT2D eigenvalue weighted by atomic mass is 10.0. The monoisotopic (exact) mass is 425 g/mol. The highest BCUT2D eigenvalue weighted by Gasteiger charge is 2.09. The lowest BCUT2D eigenvalue weighted by Gasteiger charge is -2.09. The summed E-state index contributed by atoms with van der Waals surface area (Å²) < 4.78 is 0. The van der Waals surface area contributed by atoms with Crippen LogP contribution >= 0.6 is 11.8 Å². The summed E-state index contributed by atoms with van der Waals surface area (Å²) in [5.74, 6) is -0.105. The first-order valence-electron chi connectivity index (χ1n) is 10.0. The molecule has 5 heteroatoms. The van der Waals surface area contributed by atoms with Gasteiger partial charge in [0.15, 0.2) is 0 Å². The number of benzene rings is 2. The third-order valence-electron chi connectivity index (χ3n) is 5.08. The fraction of sp³-hybridized carbons (Fsp3) is 0.115. The van der Waals surface area contributed by atoms with Crippen LogP contribution in [0.25, 0.3) is 22.4 Å². The summed E-state index contributed by atoms with van der Waals surface area (Å²) in [5, 5.41) is 2.97. The molecule has 4 aromatic rings. The van der Waals surface area contributed by atoms with E-state index < -0.39 is 0 Å². The van der Waals surface area contributed by atoms with Gasteiger partial charge in [-0.25, -0.2) is 0 Å². The first-order valence-corrected chi connectivity index (χ1v) is 11.3. The molecule has 154 valence electrons. The highest BCUT2D eigenvalue weighted by Crippen LogP contribution is 2.25. The van der Waals surface area contributed by atoms with Crippen LogP contribution in [0.5, 0.6) is 0 Å². The Morgan fingerprint density at radius 1 is 0.871 bits per heavy atom. The third kappa shape index (κ3) is 5.01. The number of thioether (sulfide) groups is 1. The summed E-state index contributed by atoms with van der Waals surface area (Å²) in [6, 6.07) is 24.0. The lowest BCUT2D eigenvalue weighted by molar-refractivity contribution is 0.0950. The van der Waals surface area contributed by atoms with Gasteiger partial charge in [-0.1, -0.05) is 36.4 Å². The minimum Gasteiger partial charge on any atom is -0.346 e. The van der Waals surface area contributed by atoms with Gasteiger partial charge < -0.3 is 5.32 Å². The predicted octanol–water partition coefficient (Wildman–Crippen LogP) is 5.77. The van der Waals surface area contributed by atoms with E-state index >= 15 is 0 Å². The fourth-order valence-electron chi connectivity index (χ4n) is 3.37. The zero-order valence-corrected chi connectivity index (χ0v) is 18.3. The van der Waals surface area contributed by atoms with Gasteiger partial charge in [-0.3, -0.25) is 14.8 Å². The number of hydrogen-bond donors (Lipinski definition) is 1. The summed E-state index contributed by atoms with van der Waals surface area (Å²) in [4.78, 5) is 22.6. The Balaban J connectivity index is 1.50. The van der Waals surface area contributed by atoms with Crippen LogP contribution in [0.1, 0.15) is 21.6 Å². The number of nitrogens with zero attached hydrogens (tertiary/aromatic N) is 2. The molecule has 0 aliphatic rings. The van der Waals surface area contributed by atoms with E-state index in [1.807, 2.05) is 74.0 Å². The number of aromatic nitrogens is 2. The quantitative estimate of drug-likeness (QED) is 0.398. The van der Waals surface area contributed by atoms with Crippen LogP contribution in [0, 0.1) is 6.92 Å². The molecule has 0 unspecified atom stereocenters. The van der Waals surface area contributed by atoms with E-state index in [0.29, 0.717) is 12.1 Å². The van der Waals surface area contributed by atoms with Crippen LogP contribution in [0.3, 0.4) is 0 Å². The Morgan fingerprint density at radius 3 is 2.45 bits per heavy atom. The molecule has 0 fully saturated rings. The van der Waals surface area contributed by atoms with Gasteiger partial charge in [-0.05, 0) is 66.3 Å². The number of aryl methyl sites for hydroxylation is 1. The minimum absolute atomic E-state index is 0.105. The highest BCUT2D eigenvalue weighted by atomic mass is 32.2. The van der Waals surface area contributed by atoms with Crippen LogP contribution in [0.2, 0.25) is 0 Å². The summed E-state index contributed by atoms with van der Waals surface area (Å²) in [6.07, 6.45) is 5.59. The molecule has 0 aliphatic heterocycles. The average molecular weight is 426 g/mol. The van der Waals surface area contributed by atoms with Crippen LogP contribution in [-0.4, -0.2) is 22.1 Å². The molecule has 31 heavy (non-hydrogen) atoms. The molecule has 0 saturated heterocycles. The Labute approximate surface area is 186 Å². The molecule has 0 spiro atoms. The van der Waals surface area contributed by atoms with E-state index in [2.05, 4.69) is 33.5 Å². The van der Waals surface area contributed by atoms with Crippen molar-refractivity contribution < 1.29 is 4.79 Å². The predicted molar refractivity (Wildman–Crippen MR) is 127 cm³/mol. The number of amides is 1. The molecule has 4 rings (SSSR count). The average Bonchev–Trinajstić information content (AvgIpc) is 2.83. The van der Waals surface area contributed by atoms with Crippen molar-refractivity contribution in [1.29, 1.82) is 0 Å². The summed E-state index contributed by atoms with van der Waals surface area (Å²) in [5.41, 5.74) is 6.72. The number of carbonyl (C=O) groups is 1. The second kappa shape index (κ2) is 9.58. The summed E-state index contributed by atoms with van der Waals surface area (Å²) in [7, 11) is 0. The summed E-state index contributed by atoms with van der Waals surface area (Å²) >= 11 is 1.64. The van der Waals surface area contributed by atoms with Gasteiger partial charge in [0.1, 0.15) is 0 Å². The largest absolute Gasteiger partial charge is 0.346 e. The molecule has 0 aliphatic carbocycles. The second-order valence-electron chi connectivity index (χ2n) is 7.20. The smallest absolute Gasteiger partial charge is 0.251 e. The SMILES string of the molecule is CSc1cc(C(=O)NCc2cc(-c3cc(-c4ccccc4)ccn3)ccn2)ccc1C. The molecule has 2 aromatic carbocycles. The molecular formula is C26H23N3OS. The van der Waals surface area contributed by atoms with Crippen molar-refractivity contribution in [1.82, 2.24) is 15.3 Å². The third-order valence-corrected chi connectivity index (χ3v) is 5.96. The molecule has 2 aromatic heterocycles. The fourth-order valence-corrected chi connectivity index (χ4v) is 4.00. The van der Waals surface area contributed by atoms with Gasteiger partial charge >= 0.3 is 0 Å². The Bertz CT molecular complexity index is 1210. The Hall–Kier alpha value is -3.44. The maximum Gasteiger partial charge on any atom is 0.251 e. The van der Waals surface area contributed by atoms with Gasteiger partial charge in [-0.2, -0.15) is 0 Å². The van der Waals surface area contributed by atoms with Gasteiger partial charge in [0.2, 0.25) is 0 Å². The molecule has 0 saturated carbocycles. The minimum atomic E-state index is -0.105. The molecule has 0 radical (unpaired) electrons. The van der Waals surface area contributed by atoms with Crippen LogP contribution in [-0.2, 0) is 6.54 Å². The topological polar surface area (TPSA) is 54.9 Å². The van der Waals surface area contributed by atoms with E-state index in [4.69, 9.17) is 0 Å². The van der Waals surface area contributed by atoms with Crippen molar-refractivity contribution >= 4 is 17.7 Å². The normalized spacial score (nSPS) is 10.6. The Morgan fingerprint density at radius 2 is 1.65 bits per heavy atom. The molecule has 0 atom stereocenters. The van der Waals surface area contributed by atoms with Crippen molar-refractivity contribution in [3.05, 3.63) is 102 Å². The van der Waals surface area contributed by atoms with Crippen molar-refractivity contribution in [2.45, 2.75) is 18.4 Å². The van der Waals surface area contributed by atoms with Crippen LogP contribution < -0.4 is 5.32 Å². The molecule has 1 N–H and O–H groups in total. The van der Waals surface area contributed by atoms with Crippen molar-refractivity contribution in [3.8, 4) is 22.4 Å². The zero-order valence-electron chi connectivity index (χ0n) is 17.5. The summed E-state index contributed by atoms with van der Waals surface area (Å²) in [6.45, 7) is 2.40. The lowest BCUT2D eigenvalue weighted by Crippen LogP contribution is -2.23. The molecule has 1 amide bonds. The number of pyridine rings is 2. The van der Waals surface area contributed by atoms with Gasteiger partial charge in [0.25, 0.3) is 5.91 Å². The highest BCUT2D eigenvalue weighted by molar-refractivity contribution is 7.98. The van der Waals surface area contributed by atoms with E-state index in [9.17, 15) is 4.79 Å². The zero-order chi connectivity index (χ0) is 21.6. The number of hydrogen-bond acceptors (Lipinski definition) is 4. The first-order chi connectivity index (χ1) is 15.1. The van der Waals surface area contributed by atoms with Crippen LogP contribution in [0.4, 0.5) is 0 Å². The van der Waals surface area contributed by atoms with E-state index in [-0.39, 0.29) is 5.91 Å². The van der Waals surface area contributed by atoms with E-state index in [1.54, 1.807) is 18.0 Å².